The summed E-state index contributed by atoms with van der Waals surface area (Å²) in [7, 11) is 0. The second kappa shape index (κ2) is 3.96. The van der Waals surface area contributed by atoms with Gasteiger partial charge in [-0.25, -0.2) is 4.98 Å². The van der Waals surface area contributed by atoms with Crippen LogP contribution in [0.3, 0.4) is 0 Å². The summed E-state index contributed by atoms with van der Waals surface area (Å²) in [6, 6.07) is 4.21. The molecule has 1 N–H and O–H groups in total. The fourth-order valence-corrected chi connectivity index (χ4v) is 2.26. The molecule has 16 heavy (non-hydrogen) atoms. The molecule has 0 aromatic carbocycles. The molecule has 5 heteroatoms. The molecule has 4 nitrogen and oxygen atoms in total. The molecule has 0 amide bonds. The smallest absolute Gasteiger partial charge is 0.154 e. The highest BCUT2D eigenvalue weighted by molar-refractivity contribution is 6.32. The van der Waals surface area contributed by atoms with Crippen molar-refractivity contribution in [2.45, 2.75) is 0 Å². The number of nitrogens with zero attached hydrogens (tertiary/aromatic N) is 3. The van der Waals surface area contributed by atoms with E-state index in [1.54, 1.807) is 6.33 Å². The third-order valence-corrected chi connectivity index (χ3v) is 3.25. The minimum atomic E-state index is 0.567. The van der Waals surface area contributed by atoms with Crippen molar-refractivity contribution < 1.29 is 0 Å². The first kappa shape index (κ1) is 9.93. The number of hydrogen-bond acceptors (Lipinski definition) is 3. The highest BCUT2D eigenvalue weighted by atomic mass is 35.5. The Morgan fingerprint density at radius 1 is 1.31 bits per heavy atom. The van der Waals surface area contributed by atoms with Gasteiger partial charge in [-0.15, -0.1) is 0 Å². The van der Waals surface area contributed by atoms with Crippen molar-refractivity contribution in [3.05, 3.63) is 29.8 Å². The standard InChI is InChI=1S/C11H13ClN4/c12-11-10-7-9(1-4-16(10)8-14-11)15-5-2-13-3-6-15/h1,4,7-8,13H,2-3,5-6H2. The van der Waals surface area contributed by atoms with E-state index in [1.807, 2.05) is 10.6 Å². The number of aromatic nitrogens is 2. The number of imidazole rings is 1. The van der Waals surface area contributed by atoms with Crippen molar-refractivity contribution in [3.8, 4) is 0 Å². The number of anilines is 1. The monoisotopic (exact) mass is 236 g/mol. The molecule has 1 fully saturated rings. The molecule has 2 aromatic heterocycles. The predicted molar refractivity (Wildman–Crippen MR) is 65.3 cm³/mol. The molecular weight excluding hydrogens is 224 g/mol. The Morgan fingerprint density at radius 3 is 2.94 bits per heavy atom. The zero-order chi connectivity index (χ0) is 11.0. The van der Waals surface area contributed by atoms with E-state index in [1.165, 1.54) is 5.69 Å². The molecule has 84 valence electrons. The summed E-state index contributed by atoms with van der Waals surface area (Å²) in [4.78, 5) is 6.44. The van der Waals surface area contributed by atoms with Crippen LogP contribution in [0.5, 0.6) is 0 Å². The van der Waals surface area contributed by atoms with E-state index in [2.05, 4.69) is 27.3 Å². The Labute approximate surface area is 98.8 Å². The average molecular weight is 237 g/mol. The Kier molecular flexibility index (Phi) is 2.46. The van der Waals surface area contributed by atoms with Gasteiger partial charge in [0.2, 0.25) is 0 Å². The lowest BCUT2D eigenvalue weighted by Gasteiger charge is -2.29. The lowest BCUT2D eigenvalue weighted by Crippen LogP contribution is -2.43. The fourth-order valence-electron chi connectivity index (χ4n) is 2.07. The summed E-state index contributed by atoms with van der Waals surface area (Å²) in [6.45, 7) is 4.17. The maximum Gasteiger partial charge on any atom is 0.154 e. The average Bonchev–Trinajstić information content (AvgIpc) is 2.72. The minimum absolute atomic E-state index is 0.567. The first-order chi connectivity index (χ1) is 7.84. The number of halogens is 1. The Bertz CT molecular complexity index is 502. The summed E-state index contributed by atoms with van der Waals surface area (Å²) in [5, 5.41) is 3.91. The van der Waals surface area contributed by atoms with Gasteiger partial charge in [-0.2, -0.15) is 0 Å². The normalized spacial score (nSPS) is 16.9. The quantitative estimate of drug-likeness (QED) is 0.813. The molecule has 0 spiro atoms. The van der Waals surface area contributed by atoms with Crippen LogP contribution in [0.15, 0.2) is 24.7 Å². The summed E-state index contributed by atoms with van der Waals surface area (Å²) in [6.07, 6.45) is 3.74. The molecule has 0 bridgehead atoms. The van der Waals surface area contributed by atoms with Crippen LogP contribution in [0.1, 0.15) is 0 Å². The fraction of sp³-hybridized carbons (Fsp3) is 0.364. The molecule has 0 saturated carbocycles. The lowest BCUT2D eigenvalue weighted by molar-refractivity contribution is 0.589. The van der Waals surface area contributed by atoms with Gasteiger partial charge in [-0.3, -0.25) is 0 Å². The number of piperazine rings is 1. The predicted octanol–water partition coefficient (Wildman–Crippen LogP) is 1.40. The van der Waals surface area contributed by atoms with Crippen LogP contribution in [0.2, 0.25) is 5.15 Å². The Balaban J connectivity index is 1.99. The van der Waals surface area contributed by atoms with E-state index >= 15 is 0 Å². The summed E-state index contributed by atoms with van der Waals surface area (Å²) in [5.74, 6) is 0. The number of hydrogen-bond donors (Lipinski definition) is 1. The molecule has 1 aliphatic rings. The molecular formula is C11H13ClN4. The first-order valence-electron chi connectivity index (χ1n) is 5.42. The van der Waals surface area contributed by atoms with E-state index < -0.39 is 0 Å². The largest absolute Gasteiger partial charge is 0.369 e. The molecule has 0 aliphatic carbocycles. The van der Waals surface area contributed by atoms with Crippen molar-refractivity contribution >= 4 is 22.8 Å². The van der Waals surface area contributed by atoms with Crippen LogP contribution < -0.4 is 10.2 Å². The van der Waals surface area contributed by atoms with Crippen molar-refractivity contribution in [2.75, 3.05) is 31.1 Å². The summed E-state index contributed by atoms with van der Waals surface area (Å²) < 4.78 is 1.94. The van der Waals surface area contributed by atoms with E-state index in [9.17, 15) is 0 Å². The Hall–Kier alpha value is -1.26. The maximum absolute atomic E-state index is 6.02. The number of pyridine rings is 1. The van der Waals surface area contributed by atoms with Crippen molar-refractivity contribution in [1.82, 2.24) is 14.7 Å². The van der Waals surface area contributed by atoms with Gasteiger partial charge in [-0.1, -0.05) is 11.6 Å². The number of fused-ring (bicyclic) bond motifs is 1. The van der Waals surface area contributed by atoms with Crippen LogP contribution in [-0.4, -0.2) is 35.6 Å². The first-order valence-corrected chi connectivity index (χ1v) is 5.80. The summed E-state index contributed by atoms with van der Waals surface area (Å²) in [5.41, 5.74) is 2.19. The van der Waals surface area contributed by atoms with Crippen molar-refractivity contribution in [3.63, 3.8) is 0 Å². The molecule has 2 aromatic rings. The van der Waals surface area contributed by atoms with Crippen LogP contribution in [-0.2, 0) is 0 Å². The number of rotatable bonds is 1. The lowest BCUT2D eigenvalue weighted by atomic mass is 10.3. The third-order valence-electron chi connectivity index (χ3n) is 2.96. The van der Waals surface area contributed by atoms with Gasteiger partial charge >= 0.3 is 0 Å². The molecule has 0 unspecified atom stereocenters. The third kappa shape index (κ3) is 1.64. The zero-order valence-electron chi connectivity index (χ0n) is 8.86. The van der Waals surface area contributed by atoms with Gasteiger partial charge in [-0.05, 0) is 12.1 Å². The van der Waals surface area contributed by atoms with E-state index in [0.717, 1.165) is 31.7 Å². The van der Waals surface area contributed by atoms with Crippen molar-refractivity contribution in [1.29, 1.82) is 0 Å². The van der Waals surface area contributed by atoms with Crippen LogP contribution in [0, 0.1) is 0 Å². The van der Waals surface area contributed by atoms with Crippen LogP contribution >= 0.6 is 11.6 Å². The van der Waals surface area contributed by atoms with Gasteiger partial charge in [0.15, 0.2) is 5.15 Å². The van der Waals surface area contributed by atoms with E-state index in [-0.39, 0.29) is 0 Å². The van der Waals surface area contributed by atoms with Gasteiger partial charge in [0.25, 0.3) is 0 Å². The molecule has 0 radical (unpaired) electrons. The maximum atomic E-state index is 6.02. The van der Waals surface area contributed by atoms with E-state index in [0.29, 0.717) is 5.15 Å². The van der Waals surface area contributed by atoms with Gasteiger partial charge in [0.1, 0.15) is 6.33 Å². The highest BCUT2D eigenvalue weighted by Crippen LogP contribution is 2.22. The second-order valence-corrected chi connectivity index (χ2v) is 4.31. The Morgan fingerprint density at radius 2 is 2.12 bits per heavy atom. The molecule has 1 aliphatic heterocycles. The minimum Gasteiger partial charge on any atom is -0.369 e. The summed E-state index contributed by atoms with van der Waals surface area (Å²) >= 11 is 6.02. The van der Waals surface area contributed by atoms with Crippen molar-refractivity contribution in [2.24, 2.45) is 0 Å². The topological polar surface area (TPSA) is 32.6 Å². The zero-order valence-corrected chi connectivity index (χ0v) is 9.61. The van der Waals surface area contributed by atoms with Gasteiger partial charge in [0.05, 0.1) is 5.52 Å². The highest BCUT2D eigenvalue weighted by Gasteiger charge is 2.11. The van der Waals surface area contributed by atoms with Gasteiger partial charge < -0.3 is 14.6 Å². The molecule has 3 heterocycles. The number of nitrogens with one attached hydrogen (secondary N) is 1. The van der Waals surface area contributed by atoms with Crippen LogP contribution in [0.4, 0.5) is 5.69 Å². The van der Waals surface area contributed by atoms with E-state index in [4.69, 9.17) is 11.6 Å². The second-order valence-electron chi connectivity index (χ2n) is 3.95. The molecule has 0 atom stereocenters. The molecule has 3 rings (SSSR count). The SMILES string of the molecule is Clc1ncn2ccc(N3CCNCC3)cc12. The molecule has 1 saturated heterocycles. The van der Waals surface area contributed by atoms with Gasteiger partial charge in [0, 0.05) is 38.1 Å². The van der Waals surface area contributed by atoms with Crippen LogP contribution in [0.25, 0.3) is 5.52 Å².